The van der Waals surface area contributed by atoms with Crippen molar-refractivity contribution < 1.29 is 31.1 Å². The van der Waals surface area contributed by atoms with Crippen molar-refractivity contribution in [2.75, 3.05) is 18.2 Å². The van der Waals surface area contributed by atoms with Gasteiger partial charge in [0.05, 0.1) is 27.8 Å². The number of halogens is 3. The second-order valence-electron chi connectivity index (χ2n) is 8.60. The zero-order valence-corrected chi connectivity index (χ0v) is 20.0. The minimum atomic E-state index is -4.56. The molecule has 1 aromatic heterocycles. The Kier molecular flexibility index (Phi) is 6.79. The molecule has 2 heterocycles. The molecule has 0 saturated carbocycles. The summed E-state index contributed by atoms with van der Waals surface area (Å²) in [7, 11) is -3.39. The molecule has 2 aromatic carbocycles. The van der Waals surface area contributed by atoms with Crippen molar-refractivity contribution >= 4 is 21.4 Å². The zero-order valence-electron chi connectivity index (χ0n) is 19.2. The lowest BCUT2D eigenvalue weighted by molar-refractivity contribution is -0.137. The number of carbonyl (C=O) groups is 1. The highest BCUT2D eigenvalue weighted by Crippen LogP contribution is 2.39. The van der Waals surface area contributed by atoms with Gasteiger partial charge in [-0.25, -0.2) is 8.42 Å². The van der Waals surface area contributed by atoms with Gasteiger partial charge in [0.2, 0.25) is 0 Å². The van der Waals surface area contributed by atoms with E-state index in [1.54, 1.807) is 17.7 Å². The fourth-order valence-electron chi connectivity index (χ4n) is 4.32. The summed E-state index contributed by atoms with van der Waals surface area (Å²) < 4.78 is 72.1. The standard InChI is InChI=1S/C25H25F3N2O4S/c1-16-21(24(31)29-17-9-11-19(12-10-17)35(2,32)33)15-30(14-18-6-5-13-34-18)23(16)20-7-3-4-8-22(20)25(26,27)28/h3-4,7-12,15,18H,5-6,13-14H2,1-2H3,(H,29,31). The van der Waals surface area contributed by atoms with Crippen molar-refractivity contribution in [1.29, 1.82) is 0 Å². The molecule has 1 atom stereocenters. The molecule has 0 spiro atoms. The Morgan fingerprint density at radius 1 is 1.14 bits per heavy atom. The Balaban J connectivity index is 1.73. The Bertz CT molecular complexity index is 1340. The molecule has 6 nitrogen and oxygen atoms in total. The lowest BCUT2D eigenvalue weighted by Gasteiger charge is -2.18. The van der Waals surface area contributed by atoms with Crippen molar-refractivity contribution in [3.05, 3.63) is 71.4 Å². The lowest BCUT2D eigenvalue weighted by Crippen LogP contribution is -2.16. The maximum absolute atomic E-state index is 13.8. The van der Waals surface area contributed by atoms with Crippen LogP contribution in [0.2, 0.25) is 0 Å². The van der Waals surface area contributed by atoms with E-state index in [-0.39, 0.29) is 22.1 Å². The third-order valence-corrected chi connectivity index (χ3v) is 7.16. The fourth-order valence-corrected chi connectivity index (χ4v) is 4.95. The molecule has 1 fully saturated rings. The second kappa shape index (κ2) is 9.50. The highest BCUT2D eigenvalue weighted by atomic mass is 32.2. The molecule has 4 rings (SSSR count). The Morgan fingerprint density at radius 2 is 1.83 bits per heavy atom. The lowest BCUT2D eigenvalue weighted by atomic mass is 9.99. The Labute approximate surface area is 201 Å². The van der Waals surface area contributed by atoms with E-state index in [1.165, 1.54) is 42.5 Å². The van der Waals surface area contributed by atoms with E-state index < -0.39 is 27.5 Å². The van der Waals surface area contributed by atoms with Crippen molar-refractivity contribution in [2.24, 2.45) is 0 Å². The monoisotopic (exact) mass is 506 g/mol. The number of hydrogen-bond donors (Lipinski definition) is 1. The molecule has 0 aliphatic carbocycles. The first-order valence-electron chi connectivity index (χ1n) is 11.0. The topological polar surface area (TPSA) is 77.4 Å². The SMILES string of the molecule is Cc1c(C(=O)Nc2ccc(S(C)(=O)=O)cc2)cn(CC2CCCO2)c1-c1ccccc1C(F)(F)F. The number of anilines is 1. The van der Waals surface area contributed by atoms with Crippen LogP contribution in [-0.4, -0.2) is 37.9 Å². The predicted octanol–water partition coefficient (Wildman–Crippen LogP) is 5.32. The molecule has 0 bridgehead atoms. The number of nitrogens with one attached hydrogen (secondary N) is 1. The number of benzene rings is 2. The summed E-state index contributed by atoms with van der Waals surface area (Å²) >= 11 is 0. The number of aromatic nitrogens is 1. The van der Waals surface area contributed by atoms with Crippen LogP contribution in [0.25, 0.3) is 11.3 Å². The number of hydrogen-bond acceptors (Lipinski definition) is 4. The van der Waals surface area contributed by atoms with E-state index >= 15 is 0 Å². The number of amides is 1. The van der Waals surface area contributed by atoms with Crippen LogP contribution in [0, 0.1) is 6.92 Å². The third kappa shape index (κ3) is 5.43. The minimum absolute atomic E-state index is 0.00736. The summed E-state index contributed by atoms with van der Waals surface area (Å²) in [6.45, 7) is 2.53. The summed E-state index contributed by atoms with van der Waals surface area (Å²) in [6.07, 6.45) is -0.424. The van der Waals surface area contributed by atoms with E-state index in [2.05, 4.69) is 5.32 Å². The van der Waals surface area contributed by atoms with Gasteiger partial charge in [0.1, 0.15) is 0 Å². The molecular formula is C25H25F3N2O4S. The van der Waals surface area contributed by atoms with Gasteiger partial charge in [0.25, 0.3) is 5.91 Å². The van der Waals surface area contributed by atoms with Crippen LogP contribution in [0.15, 0.2) is 59.6 Å². The molecule has 1 amide bonds. The zero-order chi connectivity index (χ0) is 25.4. The van der Waals surface area contributed by atoms with Gasteiger partial charge in [-0.1, -0.05) is 18.2 Å². The van der Waals surface area contributed by atoms with Crippen LogP contribution in [-0.2, 0) is 27.3 Å². The molecule has 35 heavy (non-hydrogen) atoms. The Hall–Kier alpha value is -3.11. The van der Waals surface area contributed by atoms with E-state index in [0.717, 1.165) is 25.2 Å². The molecule has 10 heteroatoms. The molecule has 1 unspecified atom stereocenters. The number of alkyl halides is 3. The van der Waals surface area contributed by atoms with Crippen LogP contribution in [0.1, 0.15) is 34.3 Å². The number of ether oxygens (including phenoxy) is 1. The van der Waals surface area contributed by atoms with Crippen LogP contribution in [0.3, 0.4) is 0 Å². The smallest absolute Gasteiger partial charge is 0.376 e. The van der Waals surface area contributed by atoms with Gasteiger partial charge in [-0.2, -0.15) is 13.2 Å². The largest absolute Gasteiger partial charge is 0.417 e. The van der Waals surface area contributed by atoms with Gasteiger partial charge in [-0.05, 0) is 55.7 Å². The van der Waals surface area contributed by atoms with E-state index in [9.17, 15) is 26.4 Å². The average Bonchev–Trinajstić information content (AvgIpc) is 3.41. The molecule has 186 valence electrons. The maximum atomic E-state index is 13.8. The number of sulfone groups is 1. The fraction of sp³-hybridized carbons (Fsp3) is 0.320. The van der Waals surface area contributed by atoms with Crippen LogP contribution >= 0.6 is 0 Å². The number of nitrogens with zero attached hydrogens (tertiary/aromatic N) is 1. The molecule has 1 N–H and O–H groups in total. The highest BCUT2D eigenvalue weighted by molar-refractivity contribution is 7.90. The first-order valence-corrected chi connectivity index (χ1v) is 12.9. The van der Waals surface area contributed by atoms with E-state index in [0.29, 0.717) is 30.1 Å². The summed E-state index contributed by atoms with van der Waals surface area (Å²) in [4.78, 5) is 13.2. The van der Waals surface area contributed by atoms with Crippen molar-refractivity contribution in [2.45, 2.75) is 43.5 Å². The van der Waals surface area contributed by atoms with Crippen molar-refractivity contribution in [3.8, 4) is 11.3 Å². The van der Waals surface area contributed by atoms with E-state index in [1.807, 2.05) is 0 Å². The van der Waals surface area contributed by atoms with Crippen LogP contribution in [0.4, 0.5) is 18.9 Å². The summed E-state index contributed by atoms with van der Waals surface area (Å²) in [5.41, 5.74) is 0.522. The van der Waals surface area contributed by atoms with Crippen LogP contribution in [0.5, 0.6) is 0 Å². The quantitative estimate of drug-likeness (QED) is 0.491. The predicted molar refractivity (Wildman–Crippen MR) is 126 cm³/mol. The average molecular weight is 507 g/mol. The molecular weight excluding hydrogens is 481 g/mol. The maximum Gasteiger partial charge on any atom is 0.417 e. The second-order valence-corrected chi connectivity index (χ2v) is 10.6. The minimum Gasteiger partial charge on any atom is -0.376 e. The highest BCUT2D eigenvalue weighted by Gasteiger charge is 2.35. The van der Waals surface area contributed by atoms with Crippen LogP contribution < -0.4 is 5.32 Å². The van der Waals surface area contributed by atoms with Gasteiger partial charge >= 0.3 is 6.18 Å². The van der Waals surface area contributed by atoms with Gasteiger partial charge < -0.3 is 14.6 Å². The molecule has 1 aliphatic heterocycles. The molecule has 1 saturated heterocycles. The third-order valence-electron chi connectivity index (χ3n) is 6.03. The van der Waals surface area contributed by atoms with Gasteiger partial charge in [-0.3, -0.25) is 4.79 Å². The van der Waals surface area contributed by atoms with E-state index in [4.69, 9.17) is 4.74 Å². The summed E-state index contributed by atoms with van der Waals surface area (Å²) in [5, 5.41) is 2.71. The van der Waals surface area contributed by atoms with Crippen molar-refractivity contribution in [3.63, 3.8) is 0 Å². The summed E-state index contributed by atoms with van der Waals surface area (Å²) in [5.74, 6) is -0.508. The molecule has 3 aromatic rings. The number of carbonyl (C=O) groups excluding carboxylic acids is 1. The molecule has 1 aliphatic rings. The van der Waals surface area contributed by atoms with Crippen molar-refractivity contribution in [1.82, 2.24) is 4.57 Å². The first-order chi connectivity index (χ1) is 16.4. The van der Waals surface area contributed by atoms with Gasteiger partial charge in [-0.15, -0.1) is 0 Å². The number of rotatable bonds is 6. The normalized spacial score (nSPS) is 16.4. The van der Waals surface area contributed by atoms with Gasteiger partial charge in [0.15, 0.2) is 9.84 Å². The first kappa shape index (κ1) is 25.0. The Morgan fingerprint density at radius 3 is 2.43 bits per heavy atom. The molecule has 0 radical (unpaired) electrons. The summed E-state index contributed by atoms with van der Waals surface area (Å²) in [6, 6.07) is 11.0. The van der Waals surface area contributed by atoms with Gasteiger partial charge in [0, 0.05) is 36.9 Å².